The molecule has 9 heteroatoms. The van der Waals surface area contributed by atoms with E-state index in [2.05, 4.69) is 5.16 Å². The van der Waals surface area contributed by atoms with Gasteiger partial charge in [-0.05, 0) is 49.7 Å². The van der Waals surface area contributed by atoms with Gasteiger partial charge in [0.1, 0.15) is 17.3 Å². The lowest BCUT2D eigenvalue weighted by molar-refractivity contribution is 0.0470. The molecule has 0 aliphatic heterocycles. The van der Waals surface area contributed by atoms with E-state index in [9.17, 15) is 13.2 Å². The Kier molecular flexibility index (Phi) is 7.23. The van der Waals surface area contributed by atoms with Gasteiger partial charge in [-0.25, -0.2) is 13.2 Å². The van der Waals surface area contributed by atoms with Gasteiger partial charge in [0.05, 0.1) is 34.1 Å². The number of carbonyl (C=O) groups excluding carboxylic acids is 1. The van der Waals surface area contributed by atoms with Crippen molar-refractivity contribution in [1.82, 2.24) is 5.16 Å². The summed E-state index contributed by atoms with van der Waals surface area (Å²) in [6.07, 6.45) is 0. The second-order valence-electron chi connectivity index (χ2n) is 7.86. The molecule has 0 radical (unpaired) electrons. The minimum Gasteiger partial charge on any atom is -0.457 e. The first-order chi connectivity index (χ1) is 16.8. The molecule has 0 fully saturated rings. The lowest BCUT2D eigenvalue weighted by Crippen LogP contribution is -2.31. The van der Waals surface area contributed by atoms with Gasteiger partial charge in [-0.15, -0.1) is 0 Å². The molecule has 0 saturated heterocycles. The number of hydrogen-bond acceptors (Lipinski definition) is 6. The zero-order valence-corrected chi connectivity index (χ0v) is 20.7. The number of anilines is 1. The van der Waals surface area contributed by atoms with Crippen LogP contribution in [0, 0.1) is 13.8 Å². The number of carbonyl (C=O) groups is 1. The van der Waals surface area contributed by atoms with Gasteiger partial charge in [0.25, 0.3) is 10.0 Å². The maximum atomic E-state index is 13.8. The number of aryl methyl sites for hydroxylation is 2. The molecule has 1 aromatic heterocycles. The Morgan fingerprint density at radius 1 is 1.00 bits per heavy atom. The molecule has 7 nitrogen and oxygen atoms in total. The number of nitrogens with zero attached hydrogens (tertiary/aromatic N) is 2. The molecule has 3 aromatic carbocycles. The lowest BCUT2D eigenvalue weighted by Gasteiger charge is -2.25. The highest BCUT2D eigenvalue weighted by Gasteiger charge is 2.29. The van der Waals surface area contributed by atoms with Crippen LogP contribution in [0.5, 0.6) is 0 Å². The first kappa shape index (κ1) is 24.5. The van der Waals surface area contributed by atoms with Gasteiger partial charge in [0.15, 0.2) is 0 Å². The van der Waals surface area contributed by atoms with Crippen LogP contribution in [0.3, 0.4) is 0 Å². The third kappa shape index (κ3) is 5.39. The van der Waals surface area contributed by atoms with Crippen molar-refractivity contribution in [1.29, 1.82) is 0 Å². The van der Waals surface area contributed by atoms with Gasteiger partial charge in [0, 0.05) is 0 Å². The first-order valence-corrected chi connectivity index (χ1v) is 12.6. The minimum atomic E-state index is -4.14. The number of benzene rings is 3. The number of para-hydroxylation sites is 1. The van der Waals surface area contributed by atoms with Crippen molar-refractivity contribution >= 4 is 33.3 Å². The molecular weight excluding hydrogens is 488 g/mol. The van der Waals surface area contributed by atoms with Crippen molar-refractivity contribution in [3.8, 4) is 0 Å². The number of halogens is 1. The summed E-state index contributed by atoms with van der Waals surface area (Å²) in [5, 5.41) is 3.84. The first-order valence-electron chi connectivity index (χ1n) is 10.8. The molecule has 0 saturated carbocycles. The predicted molar refractivity (Wildman–Crippen MR) is 133 cm³/mol. The molecule has 1 heterocycles. The number of hydrogen-bond donors (Lipinski definition) is 0. The quantitative estimate of drug-likeness (QED) is 0.282. The Hall–Kier alpha value is -3.62. The average Bonchev–Trinajstić information content (AvgIpc) is 3.19. The van der Waals surface area contributed by atoms with E-state index in [0.717, 1.165) is 5.56 Å². The molecule has 180 valence electrons. The van der Waals surface area contributed by atoms with Crippen LogP contribution < -0.4 is 4.31 Å². The molecule has 0 spiro atoms. The molecule has 0 atom stereocenters. The fourth-order valence-electron chi connectivity index (χ4n) is 3.53. The molecule has 0 bridgehead atoms. The molecular formula is C26H23ClN2O5S. The van der Waals surface area contributed by atoms with E-state index in [-0.39, 0.29) is 28.6 Å². The molecule has 0 amide bonds. The standard InChI is InChI=1S/C26H23ClN2O5S/c1-18-23(19(2)34-28-18)17-33-26(30)21-13-14-24(27)25(15-21)35(31,32)29(22-11-7-4-8-12-22)16-20-9-5-3-6-10-20/h3-15H,16-17H2,1-2H3. The van der Waals surface area contributed by atoms with Crippen LogP contribution in [0.2, 0.25) is 5.02 Å². The zero-order chi connectivity index (χ0) is 25.0. The number of ether oxygens (including phenoxy) is 1. The van der Waals surface area contributed by atoms with Crippen molar-refractivity contribution in [2.75, 3.05) is 4.31 Å². The maximum Gasteiger partial charge on any atom is 0.338 e. The summed E-state index contributed by atoms with van der Waals surface area (Å²) in [7, 11) is -4.14. The number of sulfonamides is 1. The second kappa shape index (κ2) is 10.3. The summed E-state index contributed by atoms with van der Waals surface area (Å²) in [5.74, 6) is -0.137. The topological polar surface area (TPSA) is 89.7 Å². The van der Waals surface area contributed by atoms with Gasteiger partial charge in [-0.2, -0.15) is 0 Å². The van der Waals surface area contributed by atoms with Crippen LogP contribution in [0.1, 0.15) is 32.9 Å². The fraction of sp³-hybridized carbons (Fsp3) is 0.154. The Bertz CT molecular complexity index is 1420. The highest BCUT2D eigenvalue weighted by atomic mass is 35.5. The van der Waals surface area contributed by atoms with Crippen molar-refractivity contribution in [3.63, 3.8) is 0 Å². The molecule has 35 heavy (non-hydrogen) atoms. The molecule has 0 aliphatic carbocycles. The normalized spacial score (nSPS) is 11.3. The average molecular weight is 511 g/mol. The highest BCUT2D eigenvalue weighted by Crippen LogP contribution is 2.31. The highest BCUT2D eigenvalue weighted by molar-refractivity contribution is 7.93. The number of rotatable bonds is 8. The van der Waals surface area contributed by atoms with Gasteiger partial charge < -0.3 is 9.26 Å². The summed E-state index contributed by atoms with van der Waals surface area (Å²) in [5.41, 5.74) is 2.62. The summed E-state index contributed by atoms with van der Waals surface area (Å²) in [6.45, 7) is 3.51. The largest absolute Gasteiger partial charge is 0.457 e. The lowest BCUT2D eigenvalue weighted by atomic mass is 10.2. The maximum absolute atomic E-state index is 13.8. The molecule has 0 unspecified atom stereocenters. The monoisotopic (exact) mass is 510 g/mol. The minimum absolute atomic E-state index is 0.00117. The molecule has 4 aromatic rings. The van der Waals surface area contributed by atoms with Crippen molar-refractivity contribution in [2.24, 2.45) is 0 Å². The summed E-state index contributed by atoms with van der Waals surface area (Å²) < 4.78 is 39.4. The molecule has 0 N–H and O–H groups in total. The summed E-state index contributed by atoms with van der Waals surface area (Å²) in [4.78, 5) is 12.6. The van der Waals surface area contributed by atoms with Crippen molar-refractivity contribution in [3.05, 3.63) is 112 Å². The summed E-state index contributed by atoms with van der Waals surface area (Å²) in [6, 6.07) is 22.0. The van der Waals surface area contributed by atoms with Crippen LogP contribution in [-0.2, 0) is 27.9 Å². The van der Waals surface area contributed by atoms with E-state index in [1.807, 2.05) is 30.3 Å². The van der Waals surface area contributed by atoms with Crippen LogP contribution >= 0.6 is 11.6 Å². The Balaban J connectivity index is 1.67. The van der Waals surface area contributed by atoms with Crippen LogP contribution in [-0.4, -0.2) is 19.5 Å². The van der Waals surface area contributed by atoms with E-state index in [0.29, 0.717) is 22.7 Å². The van der Waals surface area contributed by atoms with E-state index in [1.165, 1.54) is 22.5 Å². The van der Waals surface area contributed by atoms with E-state index >= 15 is 0 Å². The van der Waals surface area contributed by atoms with Gasteiger partial charge >= 0.3 is 5.97 Å². The van der Waals surface area contributed by atoms with Gasteiger partial charge in [0.2, 0.25) is 0 Å². The molecule has 4 rings (SSSR count). The third-order valence-electron chi connectivity index (χ3n) is 5.48. The Labute approximate surface area is 208 Å². The Morgan fingerprint density at radius 2 is 1.66 bits per heavy atom. The Morgan fingerprint density at radius 3 is 2.29 bits per heavy atom. The number of esters is 1. The number of aromatic nitrogens is 1. The van der Waals surface area contributed by atoms with Crippen LogP contribution in [0.25, 0.3) is 0 Å². The fourth-order valence-corrected chi connectivity index (χ4v) is 5.49. The second-order valence-corrected chi connectivity index (χ2v) is 10.1. The van der Waals surface area contributed by atoms with Crippen LogP contribution in [0.4, 0.5) is 5.69 Å². The zero-order valence-electron chi connectivity index (χ0n) is 19.1. The molecule has 0 aliphatic rings. The SMILES string of the molecule is Cc1noc(C)c1COC(=O)c1ccc(Cl)c(S(=O)(=O)N(Cc2ccccc2)c2ccccc2)c1. The smallest absolute Gasteiger partial charge is 0.338 e. The summed E-state index contributed by atoms with van der Waals surface area (Å²) >= 11 is 6.34. The van der Waals surface area contributed by atoms with Crippen molar-refractivity contribution in [2.45, 2.75) is 31.9 Å². The van der Waals surface area contributed by atoms with Crippen LogP contribution in [0.15, 0.2) is 88.3 Å². The van der Waals surface area contributed by atoms with E-state index < -0.39 is 16.0 Å². The third-order valence-corrected chi connectivity index (χ3v) is 7.73. The van der Waals surface area contributed by atoms with Gasteiger partial charge in [-0.3, -0.25) is 4.31 Å². The van der Waals surface area contributed by atoms with Gasteiger partial charge in [-0.1, -0.05) is 65.3 Å². The van der Waals surface area contributed by atoms with Crippen molar-refractivity contribution < 1.29 is 22.5 Å². The predicted octanol–water partition coefficient (Wildman–Crippen LogP) is 5.70. The van der Waals surface area contributed by atoms with E-state index in [4.69, 9.17) is 20.9 Å². The van der Waals surface area contributed by atoms with E-state index in [1.54, 1.807) is 44.2 Å².